The minimum absolute atomic E-state index is 0.0223. The summed E-state index contributed by atoms with van der Waals surface area (Å²) in [6.07, 6.45) is 5.26. The zero-order valence-electron chi connectivity index (χ0n) is 12.8. The molecule has 0 radical (unpaired) electrons. The average molecular weight is 278 g/mol. The van der Waals surface area contributed by atoms with Crippen molar-refractivity contribution in [2.45, 2.75) is 65.0 Å². The van der Waals surface area contributed by atoms with Crippen molar-refractivity contribution in [3.63, 3.8) is 0 Å². The molecule has 0 aromatic carbocycles. The number of carbonyl (C=O) groups excluding carboxylic acids is 2. The molecule has 2 unspecified atom stereocenters. The topological polar surface area (TPSA) is 49.4 Å². The molecule has 3 aliphatic rings. The van der Waals surface area contributed by atoms with Crippen molar-refractivity contribution in [1.82, 2.24) is 10.2 Å². The number of hydrogen-bond acceptors (Lipinski definition) is 3. The van der Waals surface area contributed by atoms with Crippen molar-refractivity contribution >= 4 is 11.8 Å². The van der Waals surface area contributed by atoms with Crippen molar-refractivity contribution in [2.24, 2.45) is 17.3 Å². The van der Waals surface area contributed by atoms with Crippen LogP contribution < -0.4 is 5.32 Å². The first-order valence-corrected chi connectivity index (χ1v) is 8.08. The van der Waals surface area contributed by atoms with Gasteiger partial charge in [-0.25, -0.2) is 0 Å². The standard InChI is InChI=1S/C16H26N2O2/c1-4-9-17-10-5-7-11(8-6-10)18-14(19)12-13(15(18)20)16(12,2)3/h10-13,17H,4-9H2,1-3H3. The molecule has 2 aliphatic carbocycles. The predicted molar refractivity (Wildman–Crippen MR) is 77.0 cm³/mol. The van der Waals surface area contributed by atoms with Crippen LogP contribution in [0.25, 0.3) is 0 Å². The maximum atomic E-state index is 12.4. The third-order valence-electron chi connectivity index (χ3n) is 5.58. The molecule has 0 aromatic rings. The van der Waals surface area contributed by atoms with E-state index < -0.39 is 0 Å². The third kappa shape index (κ3) is 2.00. The highest BCUT2D eigenvalue weighted by molar-refractivity contribution is 6.10. The molecule has 0 spiro atoms. The highest BCUT2D eigenvalue weighted by atomic mass is 16.2. The predicted octanol–water partition coefficient (Wildman–Crippen LogP) is 1.94. The molecule has 20 heavy (non-hydrogen) atoms. The van der Waals surface area contributed by atoms with Crippen LogP contribution >= 0.6 is 0 Å². The van der Waals surface area contributed by atoms with Crippen LogP contribution in [0.1, 0.15) is 52.9 Å². The Morgan fingerprint density at radius 3 is 2.15 bits per heavy atom. The Morgan fingerprint density at radius 2 is 1.65 bits per heavy atom. The van der Waals surface area contributed by atoms with Gasteiger partial charge in [0.15, 0.2) is 0 Å². The molecule has 1 heterocycles. The average Bonchev–Trinajstić information content (AvgIpc) is 2.88. The molecule has 4 heteroatoms. The first-order valence-electron chi connectivity index (χ1n) is 8.08. The van der Waals surface area contributed by atoms with Gasteiger partial charge in [-0.2, -0.15) is 0 Å². The van der Waals surface area contributed by atoms with Gasteiger partial charge in [0.25, 0.3) is 0 Å². The molecule has 1 N–H and O–H groups in total. The fourth-order valence-electron chi connectivity index (χ4n) is 4.21. The Morgan fingerprint density at radius 1 is 1.10 bits per heavy atom. The maximum Gasteiger partial charge on any atom is 0.233 e. The molecule has 0 bridgehead atoms. The Labute approximate surface area is 121 Å². The van der Waals surface area contributed by atoms with E-state index in [9.17, 15) is 9.59 Å². The van der Waals surface area contributed by atoms with E-state index in [1.54, 1.807) is 4.90 Å². The second-order valence-electron chi connectivity index (χ2n) is 7.28. The second-order valence-corrected chi connectivity index (χ2v) is 7.28. The summed E-state index contributed by atoms with van der Waals surface area (Å²) in [6.45, 7) is 7.32. The largest absolute Gasteiger partial charge is 0.314 e. The van der Waals surface area contributed by atoms with E-state index in [1.165, 1.54) is 0 Å². The zero-order chi connectivity index (χ0) is 14.5. The normalized spacial score (nSPS) is 39.0. The van der Waals surface area contributed by atoms with E-state index in [4.69, 9.17) is 0 Å². The van der Waals surface area contributed by atoms with Crippen LogP contribution in [0.5, 0.6) is 0 Å². The van der Waals surface area contributed by atoms with Gasteiger partial charge in [-0.05, 0) is 44.1 Å². The molecule has 112 valence electrons. The van der Waals surface area contributed by atoms with Gasteiger partial charge < -0.3 is 5.32 Å². The van der Waals surface area contributed by atoms with E-state index in [0.29, 0.717) is 6.04 Å². The van der Waals surface area contributed by atoms with Crippen LogP contribution in [-0.4, -0.2) is 35.3 Å². The summed E-state index contributed by atoms with van der Waals surface area (Å²) in [5.74, 6) is 0.168. The van der Waals surface area contributed by atoms with Crippen molar-refractivity contribution in [3.05, 3.63) is 0 Å². The summed E-state index contributed by atoms with van der Waals surface area (Å²) in [5, 5.41) is 3.55. The summed E-state index contributed by atoms with van der Waals surface area (Å²) in [4.78, 5) is 26.5. The Bertz CT molecular complexity index is 400. The van der Waals surface area contributed by atoms with Gasteiger partial charge in [0.05, 0.1) is 11.8 Å². The van der Waals surface area contributed by atoms with Crippen molar-refractivity contribution in [1.29, 1.82) is 0 Å². The van der Waals surface area contributed by atoms with Crippen LogP contribution in [0.2, 0.25) is 0 Å². The lowest BCUT2D eigenvalue weighted by atomic mass is 9.89. The van der Waals surface area contributed by atoms with Crippen molar-refractivity contribution in [2.75, 3.05) is 6.54 Å². The van der Waals surface area contributed by atoms with Crippen LogP contribution in [0.3, 0.4) is 0 Å². The van der Waals surface area contributed by atoms with Gasteiger partial charge in [0.1, 0.15) is 0 Å². The van der Waals surface area contributed by atoms with E-state index in [2.05, 4.69) is 12.2 Å². The van der Waals surface area contributed by atoms with Gasteiger partial charge >= 0.3 is 0 Å². The Kier molecular flexibility index (Phi) is 3.39. The van der Waals surface area contributed by atoms with Crippen molar-refractivity contribution in [3.8, 4) is 0 Å². The van der Waals surface area contributed by atoms with E-state index >= 15 is 0 Å². The number of nitrogens with zero attached hydrogens (tertiary/aromatic N) is 1. The zero-order valence-corrected chi connectivity index (χ0v) is 12.8. The molecule has 2 saturated carbocycles. The first kappa shape index (κ1) is 14.1. The number of amides is 2. The Hall–Kier alpha value is -0.900. The minimum Gasteiger partial charge on any atom is -0.314 e. The number of rotatable bonds is 4. The molecule has 2 amide bonds. The van der Waals surface area contributed by atoms with Gasteiger partial charge in [-0.3, -0.25) is 14.5 Å². The smallest absolute Gasteiger partial charge is 0.233 e. The lowest BCUT2D eigenvalue weighted by Crippen LogP contribution is -2.47. The molecule has 1 saturated heterocycles. The first-order chi connectivity index (χ1) is 9.48. The van der Waals surface area contributed by atoms with Crippen molar-refractivity contribution < 1.29 is 9.59 Å². The van der Waals surface area contributed by atoms with E-state index in [-0.39, 0.29) is 35.1 Å². The van der Waals surface area contributed by atoms with Crippen LogP contribution in [0, 0.1) is 17.3 Å². The molecule has 2 atom stereocenters. The highest BCUT2D eigenvalue weighted by Crippen LogP contribution is 2.63. The molecular formula is C16H26N2O2. The van der Waals surface area contributed by atoms with Gasteiger partial charge in [-0.1, -0.05) is 20.8 Å². The molecular weight excluding hydrogens is 252 g/mol. The molecule has 4 nitrogen and oxygen atoms in total. The third-order valence-corrected chi connectivity index (χ3v) is 5.58. The molecule has 3 fully saturated rings. The number of carbonyl (C=O) groups is 2. The highest BCUT2D eigenvalue weighted by Gasteiger charge is 2.73. The summed E-state index contributed by atoms with van der Waals surface area (Å²) in [7, 11) is 0. The van der Waals surface area contributed by atoms with Gasteiger partial charge in [-0.15, -0.1) is 0 Å². The number of hydrogen-bond donors (Lipinski definition) is 1. The summed E-state index contributed by atoms with van der Waals surface area (Å²) < 4.78 is 0. The summed E-state index contributed by atoms with van der Waals surface area (Å²) in [5.41, 5.74) is -0.0788. The van der Waals surface area contributed by atoms with E-state index in [0.717, 1.165) is 38.6 Å². The lowest BCUT2D eigenvalue weighted by Gasteiger charge is -2.35. The number of piperidine rings is 1. The fraction of sp³-hybridized carbons (Fsp3) is 0.875. The fourth-order valence-corrected chi connectivity index (χ4v) is 4.21. The second kappa shape index (κ2) is 4.83. The monoisotopic (exact) mass is 278 g/mol. The van der Waals surface area contributed by atoms with E-state index in [1.807, 2.05) is 13.8 Å². The van der Waals surface area contributed by atoms with Crippen LogP contribution in [0.15, 0.2) is 0 Å². The number of nitrogens with one attached hydrogen (secondary N) is 1. The quantitative estimate of drug-likeness (QED) is 0.800. The summed E-state index contributed by atoms with van der Waals surface area (Å²) >= 11 is 0. The lowest BCUT2D eigenvalue weighted by molar-refractivity contribution is -0.146. The maximum absolute atomic E-state index is 12.4. The summed E-state index contributed by atoms with van der Waals surface area (Å²) in [6, 6.07) is 0.739. The van der Waals surface area contributed by atoms with Gasteiger partial charge in [0, 0.05) is 12.1 Å². The van der Waals surface area contributed by atoms with Crippen LogP contribution in [-0.2, 0) is 9.59 Å². The molecule has 1 aliphatic heterocycles. The van der Waals surface area contributed by atoms with Gasteiger partial charge in [0.2, 0.25) is 11.8 Å². The SMILES string of the molecule is CCCNC1CCC(N2C(=O)C3C(C2=O)C3(C)C)CC1. The number of likely N-dealkylation sites (tertiary alicyclic amines) is 1. The Balaban J connectivity index is 1.58. The minimum atomic E-state index is -0.0788. The molecule has 0 aromatic heterocycles. The number of imide groups is 1. The number of fused-ring (bicyclic) bond motifs is 1. The van der Waals surface area contributed by atoms with Crippen LogP contribution in [0.4, 0.5) is 0 Å². The molecule has 3 rings (SSSR count).